The fourth-order valence-electron chi connectivity index (χ4n) is 4.13. The van der Waals surface area contributed by atoms with E-state index in [2.05, 4.69) is 10.1 Å². The Morgan fingerprint density at radius 2 is 1.97 bits per heavy atom. The Morgan fingerprint density at radius 3 is 2.67 bits per heavy atom. The van der Waals surface area contributed by atoms with Gasteiger partial charge in [-0.15, -0.1) is 0 Å². The van der Waals surface area contributed by atoms with Crippen LogP contribution in [-0.2, 0) is 19.3 Å². The Morgan fingerprint density at radius 1 is 1.18 bits per heavy atom. The van der Waals surface area contributed by atoms with Crippen LogP contribution in [0.1, 0.15) is 34.2 Å². The first-order valence-electron chi connectivity index (χ1n) is 10.2. The predicted molar refractivity (Wildman–Crippen MR) is 112 cm³/mol. The molecule has 1 amide bonds. The summed E-state index contributed by atoms with van der Waals surface area (Å²) in [4.78, 5) is 32.0. The van der Waals surface area contributed by atoms with Gasteiger partial charge in [0.1, 0.15) is 11.4 Å². The molecule has 33 heavy (non-hydrogen) atoms. The third kappa shape index (κ3) is 3.49. The van der Waals surface area contributed by atoms with Gasteiger partial charge in [-0.3, -0.25) is 9.59 Å². The largest absolute Gasteiger partial charge is 0.416 e. The highest BCUT2D eigenvalue weighted by atomic mass is 19.4. The second kappa shape index (κ2) is 7.32. The van der Waals surface area contributed by atoms with E-state index in [0.717, 1.165) is 17.8 Å². The molecule has 1 aliphatic heterocycles. The summed E-state index contributed by atoms with van der Waals surface area (Å²) in [6, 6.07) is 4.79. The average molecular weight is 456 g/mol. The minimum atomic E-state index is -4.48. The topological polar surface area (TPSA) is 77.4 Å². The lowest BCUT2D eigenvalue weighted by atomic mass is 10.1. The Labute approximate surface area is 185 Å². The normalized spacial score (nSPS) is 16.5. The molecule has 5 rings (SSSR count). The van der Waals surface area contributed by atoms with Gasteiger partial charge in [-0.1, -0.05) is 0 Å². The van der Waals surface area contributed by atoms with Crippen LogP contribution in [0.4, 0.5) is 13.2 Å². The molecule has 0 spiro atoms. The van der Waals surface area contributed by atoms with Gasteiger partial charge < -0.3 is 14.0 Å². The number of aryl methyl sites for hydroxylation is 1. The maximum Gasteiger partial charge on any atom is 0.416 e. The van der Waals surface area contributed by atoms with Gasteiger partial charge in [-0.25, -0.2) is 9.50 Å². The lowest BCUT2D eigenvalue weighted by Crippen LogP contribution is -2.49. The number of imidazole rings is 1. The quantitative estimate of drug-likeness (QED) is 0.475. The summed E-state index contributed by atoms with van der Waals surface area (Å²) < 4.78 is 43.9. The first-order chi connectivity index (χ1) is 15.6. The molecule has 0 N–H and O–H groups in total. The fourth-order valence-corrected chi connectivity index (χ4v) is 4.13. The third-order valence-electron chi connectivity index (χ3n) is 5.87. The number of nitrogens with zero attached hydrogens (tertiary/aromatic N) is 6. The number of carbonyl (C=O) groups excluding carboxylic acids is 1. The molecule has 5 heterocycles. The molecule has 0 aliphatic carbocycles. The Balaban J connectivity index is 1.50. The van der Waals surface area contributed by atoms with E-state index in [1.165, 1.54) is 21.5 Å². The van der Waals surface area contributed by atoms with Gasteiger partial charge in [0.2, 0.25) is 0 Å². The first-order valence-corrected chi connectivity index (χ1v) is 10.2. The van der Waals surface area contributed by atoms with Gasteiger partial charge in [0.05, 0.1) is 35.8 Å². The Kier molecular flexibility index (Phi) is 4.66. The number of fused-ring (bicyclic) bond motifs is 2. The predicted octanol–water partition coefficient (Wildman–Crippen LogP) is 3.05. The Hall–Kier alpha value is -3.89. The second-order valence-corrected chi connectivity index (χ2v) is 8.14. The summed E-state index contributed by atoms with van der Waals surface area (Å²) in [6.07, 6.45) is 1.49. The molecule has 0 saturated carbocycles. The maximum absolute atomic E-state index is 13.3. The van der Waals surface area contributed by atoms with Crippen molar-refractivity contribution in [3.8, 4) is 5.69 Å². The van der Waals surface area contributed by atoms with Gasteiger partial charge in [-0.2, -0.15) is 18.3 Å². The summed E-state index contributed by atoms with van der Waals surface area (Å²) in [5.74, 6) is -0.370. The van der Waals surface area contributed by atoms with Gasteiger partial charge in [0.25, 0.3) is 11.5 Å². The van der Waals surface area contributed by atoms with Crippen LogP contribution < -0.4 is 5.56 Å². The van der Waals surface area contributed by atoms with Crippen molar-refractivity contribution in [2.75, 3.05) is 0 Å². The minimum Gasteiger partial charge on any atom is -0.328 e. The monoisotopic (exact) mass is 456 g/mol. The number of halogens is 3. The van der Waals surface area contributed by atoms with E-state index in [9.17, 15) is 22.8 Å². The van der Waals surface area contributed by atoms with E-state index < -0.39 is 11.7 Å². The number of hydrogen-bond donors (Lipinski definition) is 0. The van der Waals surface area contributed by atoms with Crippen molar-refractivity contribution < 1.29 is 18.0 Å². The summed E-state index contributed by atoms with van der Waals surface area (Å²) in [6.45, 7) is 3.94. The molecule has 1 atom stereocenters. The summed E-state index contributed by atoms with van der Waals surface area (Å²) in [7, 11) is 0. The fraction of sp³-hybridized carbons (Fsp3) is 0.273. The molecule has 8 nitrogen and oxygen atoms in total. The molecular formula is C22H19F3N6O2. The van der Waals surface area contributed by atoms with Crippen molar-refractivity contribution in [3.63, 3.8) is 0 Å². The van der Waals surface area contributed by atoms with E-state index in [-0.39, 0.29) is 41.8 Å². The molecular weight excluding hydrogens is 437 g/mol. The average Bonchev–Trinajstić information content (AvgIpc) is 3.37. The molecule has 4 aromatic rings. The van der Waals surface area contributed by atoms with Crippen LogP contribution in [0.5, 0.6) is 0 Å². The molecule has 1 aliphatic rings. The van der Waals surface area contributed by atoms with E-state index in [1.54, 1.807) is 41.0 Å². The van der Waals surface area contributed by atoms with Crippen LogP contribution in [0.3, 0.4) is 0 Å². The van der Waals surface area contributed by atoms with Crippen LogP contribution in [0.25, 0.3) is 11.2 Å². The van der Waals surface area contributed by atoms with E-state index in [0.29, 0.717) is 11.3 Å². The molecule has 0 saturated heterocycles. The van der Waals surface area contributed by atoms with E-state index >= 15 is 0 Å². The third-order valence-corrected chi connectivity index (χ3v) is 5.87. The number of alkyl halides is 3. The van der Waals surface area contributed by atoms with Crippen molar-refractivity contribution >= 4 is 11.4 Å². The van der Waals surface area contributed by atoms with Crippen LogP contribution in [-0.4, -0.2) is 40.6 Å². The van der Waals surface area contributed by atoms with Crippen molar-refractivity contribution in [2.45, 2.75) is 39.2 Å². The summed E-state index contributed by atoms with van der Waals surface area (Å²) in [5, 5.41) is 4.11. The van der Waals surface area contributed by atoms with Crippen molar-refractivity contribution in [3.05, 3.63) is 82.1 Å². The zero-order valence-corrected chi connectivity index (χ0v) is 17.7. The summed E-state index contributed by atoms with van der Waals surface area (Å²) >= 11 is 0. The lowest BCUT2D eigenvalue weighted by Gasteiger charge is -2.35. The van der Waals surface area contributed by atoms with Crippen molar-refractivity contribution in [1.29, 1.82) is 0 Å². The van der Waals surface area contributed by atoms with Crippen molar-refractivity contribution in [1.82, 2.24) is 28.6 Å². The molecule has 0 bridgehead atoms. The van der Waals surface area contributed by atoms with E-state index in [4.69, 9.17) is 0 Å². The van der Waals surface area contributed by atoms with Gasteiger partial charge in [-0.05, 0) is 38.1 Å². The zero-order chi connectivity index (χ0) is 23.5. The number of rotatable bonds is 3. The van der Waals surface area contributed by atoms with Gasteiger partial charge >= 0.3 is 6.18 Å². The van der Waals surface area contributed by atoms with Gasteiger partial charge in [0.15, 0.2) is 0 Å². The number of pyridine rings is 2. The Bertz CT molecular complexity index is 1450. The molecule has 0 fully saturated rings. The van der Waals surface area contributed by atoms with Crippen LogP contribution in [0, 0.1) is 6.92 Å². The molecule has 0 unspecified atom stereocenters. The number of carbonyl (C=O) groups is 1. The SMILES string of the molecule is Cc1cn(-c2ccc3n(c2=O)C[C@@H](C)N(Cc2cnn4ccc(C(F)(F)F)cc24)C3=O)cn1. The number of aromatic nitrogens is 5. The summed E-state index contributed by atoms with van der Waals surface area (Å²) in [5.41, 5.74) is 1.04. The highest BCUT2D eigenvalue weighted by Gasteiger charge is 2.33. The maximum atomic E-state index is 13.3. The molecule has 170 valence electrons. The molecule has 0 radical (unpaired) electrons. The molecule has 11 heteroatoms. The standard InChI is InChI=1S/C22H19F3N6O2/c1-13-9-28(12-26-13)17-3-4-18-21(33)29(14(2)10-30(18)20(17)32)11-15-8-27-31-6-5-16(7-19(15)31)22(23,24)25/h3-9,12,14H,10-11H2,1-2H3/t14-/m1/s1. The minimum absolute atomic E-state index is 0.0709. The smallest absolute Gasteiger partial charge is 0.328 e. The molecule has 0 aromatic carbocycles. The van der Waals surface area contributed by atoms with E-state index in [1.807, 2.05) is 6.92 Å². The zero-order valence-electron chi connectivity index (χ0n) is 17.7. The lowest BCUT2D eigenvalue weighted by molar-refractivity contribution is -0.137. The van der Waals surface area contributed by atoms with Crippen LogP contribution >= 0.6 is 0 Å². The van der Waals surface area contributed by atoms with Crippen LogP contribution in [0.15, 0.2) is 54.0 Å². The van der Waals surface area contributed by atoms with Gasteiger partial charge in [0, 0.05) is 30.5 Å². The number of amides is 1. The first kappa shape index (κ1) is 21.0. The van der Waals surface area contributed by atoms with Crippen LogP contribution in [0.2, 0.25) is 0 Å². The highest BCUT2D eigenvalue weighted by molar-refractivity contribution is 5.93. The van der Waals surface area contributed by atoms with Crippen molar-refractivity contribution in [2.24, 2.45) is 0 Å². The second-order valence-electron chi connectivity index (χ2n) is 8.14. The number of hydrogen-bond acceptors (Lipinski definition) is 4. The highest BCUT2D eigenvalue weighted by Crippen LogP contribution is 2.31. The molecule has 4 aromatic heterocycles.